The Hall–Kier alpha value is -1.70. The van der Waals surface area contributed by atoms with Crippen molar-refractivity contribution in [2.75, 3.05) is 0 Å². The third kappa shape index (κ3) is 4.04. The molecule has 3 rings (SSSR count). The molecule has 0 aliphatic carbocycles. The van der Waals surface area contributed by atoms with E-state index in [2.05, 4.69) is 16.7 Å². The molecular weight excluding hydrogens is 307 g/mol. The molecule has 0 spiro atoms. The second-order valence-corrected chi connectivity index (χ2v) is 6.65. The van der Waals surface area contributed by atoms with Gasteiger partial charge in [0, 0.05) is 19.1 Å². The largest absolute Gasteiger partial charge is 0.478 e. The summed E-state index contributed by atoms with van der Waals surface area (Å²) in [7, 11) is -1.07. The monoisotopic (exact) mass is 330 g/mol. The molecule has 1 saturated heterocycles. The standard InChI is InChI=1S/C17H23BN2O4/c1-11(21)8-14-6-7-16(18(23)24-14)20-17(22)15-9-12-4-2-3-5-13(12)10-19-15/h2-5,14-16,19,23H,6-10H2,1H3,(H,20,22)/t14-,15+,16-/m0/s1. The second-order valence-electron chi connectivity index (χ2n) is 6.65. The smallest absolute Gasteiger partial charge is 0.426 e. The summed E-state index contributed by atoms with van der Waals surface area (Å²) < 4.78 is 5.45. The summed E-state index contributed by atoms with van der Waals surface area (Å²) in [6, 6.07) is 7.77. The van der Waals surface area contributed by atoms with Gasteiger partial charge in [-0.25, -0.2) is 0 Å². The first-order valence-electron chi connectivity index (χ1n) is 8.46. The van der Waals surface area contributed by atoms with Crippen molar-refractivity contribution in [2.24, 2.45) is 0 Å². The highest BCUT2D eigenvalue weighted by Crippen LogP contribution is 2.20. The van der Waals surface area contributed by atoms with E-state index in [1.165, 1.54) is 18.1 Å². The molecule has 6 nitrogen and oxygen atoms in total. The molecule has 0 saturated carbocycles. The minimum Gasteiger partial charge on any atom is -0.426 e. The van der Waals surface area contributed by atoms with Gasteiger partial charge in [-0.1, -0.05) is 24.3 Å². The molecule has 1 aromatic rings. The molecule has 1 aromatic carbocycles. The Labute approximate surface area is 142 Å². The number of nitrogens with one attached hydrogen (secondary N) is 2. The molecule has 2 aliphatic heterocycles. The number of carbonyl (C=O) groups is 2. The fraction of sp³-hybridized carbons (Fsp3) is 0.529. The van der Waals surface area contributed by atoms with E-state index in [1.54, 1.807) is 0 Å². The van der Waals surface area contributed by atoms with E-state index in [0.29, 0.717) is 32.2 Å². The molecule has 1 fully saturated rings. The lowest BCUT2D eigenvalue weighted by atomic mass is 9.72. The van der Waals surface area contributed by atoms with Crippen LogP contribution in [0.5, 0.6) is 0 Å². The molecule has 3 atom stereocenters. The maximum Gasteiger partial charge on any atom is 0.478 e. The first-order valence-corrected chi connectivity index (χ1v) is 8.46. The maximum atomic E-state index is 12.5. The van der Waals surface area contributed by atoms with E-state index in [4.69, 9.17) is 4.65 Å². The van der Waals surface area contributed by atoms with Gasteiger partial charge in [0.15, 0.2) is 0 Å². The van der Waals surface area contributed by atoms with E-state index in [0.717, 1.165) is 0 Å². The highest BCUT2D eigenvalue weighted by Gasteiger charge is 2.37. The van der Waals surface area contributed by atoms with E-state index < -0.39 is 13.1 Å². The van der Waals surface area contributed by atoms with Crippen molar-refractivity contribution in [3.05, 3.63) is 35.4 Å². The Morgan fingerprint density at radius 1 is 1.33 bits per heavy atom. The lowest BCUT2D eigenvalue weighted by Gasteiger charge is -2.33. The van der Waals surface area contributed by atoms with Crippen LogP contribution in [0.15, 0.2) is 24.3 Å². The summed E-state index contributed by atoms with van der Waals surface area (Å²) in [6.45, 7) is 2.18. The fourth-order valence-corrected chi connectivity index (χ4v) is 3.41. The number of amides is 1. The molecule has 7 heteroatoms. The van der Waals surface area contributed by atoms with Gasteiger partial charge in [0.05, 0.1) is 12.0 Å². The van der Waals surface area contributed by atoms with Crippen molar-refractivity contribution >= 4 is 18.8 Å². The number of fused-ring (bicyclic) bond motifs is 1. The van der Waals surface area contributed by atoms with Crippen LogP contribution >= 0.6 is 0 Å². The van der Waals surface area contributed by atoms with Crippen LogP contribution in [0.4, 0.5) is 0 Å². The van der Waals surface area contributed by atoms with Crippen LogP contribution in [-0.2, 0) is 27.2 Å². The first-order chi connectivity index (χ1) is 11.5. The Morgan fingerprint density at radius 3 is 2.79 bits per heavy atom. The quantitative estimate of drug-likeness (QED) is 0.694. The van der Waals surface area contributed by atoms with E-state index in [9.17, 15) is 14.6 Å². The minimum atomic E-state index is -1.07. The van der Waals surface area contributed by atoms with Gasteiger partial charge in [0.2, 0.25) is 5.91 Å². The third-order valence-corrected chi connectivity index (χ3v) is 4.72. The average Bonchev–Trinajstić information content (AvgIpc) is 2.56. The number of benzene rings is 1. The Morgan fingerprint density at radius 2 is 2.08 bits per heavy atom. The van der Waals surface area contributed by atoms with Crippen LogP contribution < -0.4 is 10.6 Å². The second kappa shape index (κ2) is 7.46. The molecule has 2 aliphatic rings. The molecular formula is C17H23BN2O4. The molecule has 0 aromatic heterocycles. The Kier molecular flexibility index (Phi) is 5.33. The van der Waals surface area contributed by atoms with Crippen molar-refractivity contribution in [1.82, 2.24) is 10.6 Å². The van der Waals surface area contributed by atoms with Crippen LogP contribution in [0.3, 0.4) is 0 Å². The Bertz CT molecular complexity index is 624. The molecule has 0 bridgehead atoms. The zero-order chi connectivity index (χ0) is 17.1. The van der Waals surface area contributed by atoms with E-state index in [1.807, 2.05) is 18.2 Å². The van der Waals surface area contributed by atoms with Gasteiger partial charge in [0.25, 0.3) is 0 Å². The van der Waals surface area contributed by atoms with Crippen molar-refractivity contribution in [1.29, 1.82) is 0 Å². The number of carbonyl (C=O) groups excluding carboxylic acids is 2. The zero-order valence-electron chi connectivity index (χ0n) is 13.8. The number of Topliss-reactive ketones (excluding diaryl/α,β-unsaturated/α-hetero) is 1. The molecule has 3 N–H and O–H groups in total. The van der Waals surface area contributed by atoms with Crippen LogP contribution in [0.1, 0.15) is 37.3 Å². The zero-order valence-corrected chi connectivity index (χ0v) is 13.8. The molecule has 0 radical (unpaired) electrons. The van der Waals surface area contributed by atoms with Crippen LogP contribution in [0.2, 0.25) is 0 Å². The average molecular weight is 330 g/mol. The van der Waals surface area contributed by atoms with Gasteiger partial charge < -0.3 is 20.3 Å². The van der Waals surface area contributed by atoms with Crippen LogP contribution in [-0.4, -0.2) is 41.9 Å². The lowest BCUT2D eigenvalue weighted by Crippen LogP contribution is -2.57. The van der Waals surface area contributed by atoms with Gasteiger partial charge in [-0.2, -0.15) is 0 Å². The van der Waals surface area contributed by atoms with E-state index >= 15 is 0 Å². The van der Waals surface area contributed by atoms with E-state index in [-0.39, 0.29) is 23.8 Å². The molecule has 1 amide bonds. The van der Waals surface area contributed by atoms with Crippen molar-refractivity contribution < 1.29 is 19.3 Å². The molecule has 0 unspecified atom stereocenters. The van der Waals surface area contributed by atoms with Crippen molar-refractivity contribution in [3.8, 4) is 0 Å². The summed E-state index contributed by atoms with van der Waals surface area (Å²) in [6.07, 6.45) is 1.94. The molecule has 2 heterocycles. The highest BCUT2D eigenvalue weighted by atomic mass is 16.5. The van der Waals surface area contributed by atoms with Gasteiger partial charge in [-0.3, -0.25) is 9.59 Å². The van der Waals surface area contributed by atoms with Crippen molar-refractivity contribution in [3.63, 3.8) is 0 Å². The topological polar surface area (TPSA) is 87.7 Å². The molecule has 128 valence electrons. The number of hydrogen-bond acceptors (Lipinski definition) is 5. The summed E-state index contributed by atoms with van der Waals surface area (Å²) in [5, 5.41) is 16.2. The van der Waals surface area contributed by atoms with Gasteiger partial charge in [0.1, 0.15) is 5.78 Å². The minimum absolute atomic E-state index is 0.0414. The van der Waals surface area contributed by atoms with Crippen molar-refractivity contribution in [2.45, 2.75) is 57.2 Å². The number of rotatable bonds is 4. The summed E-state index contributed by atoms with van der Waals surface area (Å²) >= 11 is 0. The van der Waals surface area contributed by atoms with Gasteiger partial charge in [-0.15, -0.1) is 0 Å². The summed E-state index contributed by atoms with van der Waals surface area (Å²) in [5.41, 5.74) is 2.40. The summed E-state index contributed by atoms with van der Waals surface area (Å²) in [5.74, 6) is -0.512. The summed E-state index contributed by atoms with van der Waals surface area (Å²) in [4.78, 5) is 23.6. The lowest BCUT2D eigenvalue weighted by molar-refractivity contribution is -0.124. The normalized spacial score (nSPS) is 26.6. The third-order valence-electron chi connectivity index (χ3n) is 4.72. The van der Waals surface area contributed by atoms with Gasteiger partial charge >= 0.3 is 7.12 Å². The van der Waals surface area contributed by atoms with Gasteiger partial charge in [-0.05, 0) is 37.3 Å². The first kappa shape index (κ1) is 17.1. The fourth-order valence-electron chi connectivity index (χ4n) is 3.41. The molecule has 24 heavy (non-hydrogen) atoms. The van der Waals surface area contributed by atoms with Crippen LogP contribution in [0.25, 0.3) is 0 Å². The number of ketones is 1. The maximum absolute atomic E-state index is 12.5. The number of hydrogen-bond donors (Lipinski definition) is 3. The predicted molar refractivity (Wildman–Crippen MR) is 90.1 cm³/mol. The highest BCUT2D eigenvalue weighted by molar-refractivity contribution is 6.45. The van der Waals surface area contributed by atoms with Crippen LogP contribution in [0, 0.1) is 0 Å². The SMILES string of the molecule is CC(=O)C[C@@H]1CC[C@H](NC(=O)[C@H]2Cc3ccccc3CN2)B(O)O1. The predicted octanol–water partition coefficient (Wildman–Crippen LogP) is 0.363. The Balaban J connectivity index is 1.53.